The van der Waals surface area contributed by atoms with Gasteiger partial charge in [-0.1, -0.05) is 27.2 Å². The first-order valence-corrected chi connectivity index (χ1v) is 8.04. The summed E-state index contributed by atoms with van der Waals surface area (Å²) in [6.07, 6.45) is 1.51. The molecule has 1 aromatic carbocycles. The third-order valence-electron chi connectivity index (χ3n) is 3.34. The molecule has 0 saturated heterocycles. The summed E-state index contributed by atoms with van der Waals surface area (Å²) in [5.74, 6) is 1.37. The van der Waals surface area contributed by atoms with Crippen LogP contribution in [-0.2, 0) is 0 Å². The molecule has 24 heavy (non-hydrogen) atoms. The number of pyridine rings is 1. The highest BCUT2D eigenvalue weighted by Crippen LogP contribution is 2.23. The fourth-order valence-corrected chi connectivity index (χ4v) is 2.41. The molecule has 2 N–H and O–H groups in total. The summed E-state index contributed by atoms with van der Waals surface area (Å²) in [5.41, 5.74) is 2.50. The van der Waals surface area contributed by atoms with Gasteiger partial charge in [-0.05, 0) is 43.7 Å². The minimum Gasteiger partial charge on any atom is -0.360 e. The fourth-order valence-electron chi connectivity index (χ4n) is 2.03. The summed E-state index contributed by atoms with van der Waals surface area (Å²) >= 11 is 3.50. The van der Waals surface area contributed by atoms with Gasteiger partial charge in [0.05, 0.1) is 5.56 Å². The van der Waals surface area contributed by atoms with Crippen LogP contribution in [0.5, 0.6) is 0 Å². The molecular weight excluding hydrogens is 372 g/mol. The van der Waals surface area contributed by atoms with Crippen molar-refractivity contribution in [3.63, 3.8) is 0 Å². The molecule has 3 aromatic rings. The van der Waals surface area contributed by atoms with Crippen LogP contribution in [0.15, 0.2) is 51.6 Å². The van der Waals surface area contributed by atoms with Gasteiger partial charge in [-0.15, -0.1) is 0 Å². The Morgan fingerprint density at radius 3 is 2.58 bits per heavy atom. The number of anilines is 3. The van der Waals surface area contributed by atoms with Crippen LogP contribution in [0.25, 0.3) is 0 Å². The molecule has 3 rings (SSSR count). The zero-order chi connectivity index (χ0) is 17.1. The third kappa shape index (κ3) is 3.80. The predicted molar refractivity (Wildman–Crippen MR) is 95.6 cm³/mol. The Morgan fingerprint density at radius 1 is 1.12 bits per heavy atom. The number of nitrogens with one attached hydrogen (secondary N) is 2. The second-order valence-electron chi connectivity index (χ2n) is 5.30. The van der Waals surface area contributed by atoms with Gasteiger partial charge in [0.25, 0.3) is 5.91 Å². The topological polar surface area (TPSA) is 80.0 Å². The molecule has 6 nitrogen and oxygen atoms in total. The molecule has 0 saturated carbocycles. The van der Waals surface area contributed by atoms with Crippen LogP contribution in [0.4, 0.5) is 17.3 Å². The molecule has 0 fully saturated rings. The lowest BCUT2D eigenvalue weighted by Gasteiger charge is -2.08. The Morgan fingerprint density at radius 2 is 1.96 bits per heavy atom. The molecule has 0 aliphatic carbocycles. The van der Waals surface area contributed by atoms with Gasteiger partial charge in [-0.2, -0.15) is 0 Å². The normalized spacial score (nSPS) is 10.5. The second-order valence-corrected chi connectivity index (χ2v) is 6.15. The van der Waals surface area contributed by atoms with E-state index in [1.807, 2.05) is 25.1 Å². The largest absolute Gasteiger partial charge is 0.360 e. The van der Waals surface area contributed by atoms with E-state index in [1.54, 1.807) is 25.1 Å². The zero-order valence-electron chi connectivity index (χ0n) is 13.1. The quantitative estimate of drug-likeness (QED) is 0.692. The van der Waals surface area contributed by atoms with Gasteiger partial charge in [-0.25, -0.2) is 4.98 Å². The van der Waals surface area contributed by atoms with Crippen LogP contribution >= 0.6 is 15.9 Å². The molecular formula is C17H15BrN4O2. The lowest BCUT2D eigenvalue weighted by Crippen LogP contribution is -2.12. The van der Waals surface area contributed by atoms with Gasteiger partial charge in [-0.3, -0.25) is 4.79 Å². The molecule has 2 aromatic heterocycles. The van der Waals surface area contributed by atoms with Crippen LogP contribution in [-0.4, -0.2) is 16.0 Å². The number of carbonyl (C=O) groups is 1. The molecule has 0 aliphatic rings. The molecule has 1 amide bonds. The monoisotopic (exact) mass is 386 g/mol. The smallest absolute Gasteiger partial charge is 0.258 e. The number of benzene rings is 1. The molecule has 0 spiro atoms. The number of amides is 1. The highest BCUT2D eigenvalue weighted by Gasteiger charge is 2.09. The lowest BCUT2D eigenvalue weighted by molar-refractivity contribution is 0.102. The summed E-state index contributed by atoms with van der Waals surface area (Å²) in [6.45, 7) is 3.78. The van der Waals surface area contributed by atoms with Crippen LogP contribution in [0.2, 0.25) is 0 Å². The van der Waals surface area contributed by atoms with E-state index >= 15 is 0 Å². The Balaban J connectivity index is 1.68. The minimum atomic E-state index is -0.291. The number of hydrogen-bond donors (Lipinski definition) is 2. The number of carbonyl (C=O) groups excluding carboxylic acids is 1. The van der Waals surface area contributed by atoms with Crippen molar-refractivity contribution in [2.24, 2.45) is 0 Å². The van der Waals surface area contributed by atoms with E-state index in [2.05, 4.69) is 36.7 Å². The first-order chi connectivity index (χ1) is 11.5. The van der Waals surface area contributed by atoms with E-state index in [0.29, 0.717) is 23.0 Å². The maximum absolute atomic E-state index is 12.1. The molecule has 0 bridgehead atoms. The highest BCUT2D eigenvalue weighted by atomic mass is 79.9. The van der Waals surface area contributed by atoms with Gasteiger partial charge in [0.1, 0.15) is 11.6 Å². The van der Waals surface area contributed by atoms with Gasteiger partial charge in [0.2, 0.25) is 0 Å². The van der Waals surface area contributed by atoms with Crippen LogP contribution < -0.4 is 10.6 Å². The predicted octanol–water partition coefficient (Wildman–Crippen LogP) is 4.44. The van der Waals surface area contributed by atoms with E-state index in [-0.39, 0.29) is 5.91 Å². The van der Waals surface area contributed by atoms with Crippen molar-refractivity contribution < 1.29 is 9.32 Å². The Bertz CT molecular complexity index is 875. The van der Waals surface area contributed by atoms with Crippen molar-refractivity contribution >= 4 is 39.2 Å². The van der Waals surface area contributed by atoms with Crippen molar-refractivity contribution in [3.05, 3.63) is 64.0 Å². The fraction of sp³-hybridized carbons (Fsp3) is 0.118. The van der Waals surface area contributed by atoms with Gasteiger partial charge in [0, 0.05) is 22.4 Å². The number of hydrogen-bond acceptors (Lipinski definition) is 5. The van der Waals surface area contributed by atoms with Gasteiger partial charge >= 0.3 is 0 Å². The van der Waals surface area contributed by atoms with Crippen LogP contribution in [0.1, 0.15) is 21.7 Å². The molecule has 0 aliphatic heterocycles. The van der Waals surface area contributed by atoms with Crippen molar-refractivity contribution in [2.75, 3.05) is 10.6 Å². The summed E-state index contributed by atoms with van der Waals surface area (Å²) < 4.78 is 5.93. The maximum Gasteiger partial charge on any atom is 0.258 e. The number of halogens is 1. The van der Waals surface area contributed by atoms with E-state index in [0.717, 1.165) is 15.7 Å². The lowest BCUT2D eigenvalue weighted by atomic mass is 10.2. The average molecular weight is 387 g/mol. The molecule has 0 atom stereocenters. The third-order valence-corrected chi connectivity index (χ3v) is 4.19. The van der Waals surface area contributed by atoms with Crippen molar-refractivity contribution in [3.8, 4) is 0 Å². The summed E-state index contributed by atoms with van der Waals surface area (Å²) in [7, 11) is 0. The number of rotatable bonds is 4. The van der Waals surface area contributed by atoms with E-state index in [1.165, 1.54) is 6.20 Å². The molecule has 2 heterocycles. The first-order valence-electron chi connectivity index (χ1n) is 7.25. The average Bonchev–Trinajstić information content (AvgIpc) is 2.96. The number of aromatic nitrogens is 2. The van der Waals surface area contributed by atoms with Gasteiger partial charge in [0.15, 0.2) is 5.82 Å². The Hall–Kier alpha value is -2.67. The summed E-state index contributed by atoms with van der Waals surface area (Å²) in [5, 5.41) is 9.57. The Labute approximate surface area is 147 Å². The SMILES string of the molecule is Cc1cc(NC(=O)c2ccc(Nc3ccc(C)c(Br)c3)nc2)no1. The summed E-state index contributed by atoms with van der Waals surface area (Å²) in [6, 6.07) is 11.0. The first kappa shape index (κ1) is 16.2. The zero-order valence-corrected chi connectivity index (χ0v) is 14.7. The second kappa shape index (κ2) is 6.84. The highest BCUT2D eigenvalue weighted by molar-refractivity contribution is 9.10. The molecule has 7 heteroatoms. The van der Waals surface area contributed by atoms with E-state index in [4.69, 9.17) is 4.52 Å². The van der Waals surface area contributed by atoms with Gasteiger partial charge < -0.3 is 15.2 Å². The number of aryl methyl sites for hydroxylation is 2. The standard InChI is InChI=1S/C17H15BrN4O2/c1-10-3-5-13(8-14(10)18)20-15-6-4-12(9-19-15)17(23)21-16-7-11(2)24-22-16/h3-9H,1-2H3,(H,19,20)(H,21,22,23). The number of nitrogens with zero attached hydrogens (tertiary/aromatic N) is 2. The van der Waals surface area contributed by atoms with E-state index in [9.17, 15) is 4.79 Å². The summed E-state index contributed by atoms with van der Waals surface area (Å²) in [4.78, 5) is 16.4. The Kier molecular flexibility index (Phi) is 4.61. The molecule has 0 unspecified atom stereocenters. The van der Waals surface area contributed by atoms with Crippen LogP contribution in [0.3, 0.4) is 0 Å². The molecule has 0 radical (unpaired) electrons. The van der Waals surface area contributed by atoms with Crippen LogP contribution in [0, 0.1) is 13.8 Å². The van der Waals surface area contributed by atoms with Crippen molar-refractivity contribution in [1.29, 1.82) is 0 Å². The maximum atomic E-state index is 12.1. The van der Waals surface area contributed by atoms with Crippen molar-refractivity contribution in [2.45, 2.75) is 13.8 Å². The minimum absolute atomic E-state index is 0.291. The van der Waals surface area contributed by atoms with E-state index < -0.39 is 0 Å². The molecule has 122 valence electrons. The van der Waals surface area contributed by atoms with Crippen molar-refractivity contribution in [1.82, 2.24) is 10.1 Å².